The number of nitrogens with zero attached hydrogens (tertiary/aromatic N) is 1. The molecule has 0 saturated heterocycles. The van der Waals surface area contributed by atoms with Gasteiger partial charge in [0.15, 0.2) is 18.1 Å². The van der Waals surface area contributed by atoms with Crippen molar-refractivity contribution in [1.29, 1.82) is 0 Å². The van der Waals surface area contributed by atoms with Crippen molar-refractivity contribution in [2.24, 2.45) is 5.73 Å². The standard InChI is InChI=1S/C17H15BrCl2N2O4/c1-22(13-4-3-10(18)7-11(13)19)17(24)9-5-12(20)16(14(6-9)25-2)26-8-15(21)23/h3-7H,8H2,1-2H3,(H2,21,23). The highest BCUT2D eigenvalue weighted by Gasteiger charge is 2.21. The molecule has 0 bridgehead atoms. The number of ether oxygens (including phenoxy) is 2. The van der Waals surface area contributed by atoms with Crippen LogP contribution < -0.4 is 20.1 Å². The number of rotatable bonds is 6. The molecule has 26 heavy (non-hydrogen) atoms. The van der Waals surface area contributed by atoms with Crippen LogP contribution in [0.15, 0.2) is 34.8 Å². The monoisotopic (exact) mass is 460 g/mol. The summed E-state index contributed by atoms with van der Waals surface area (Å²) in [5.74, 6) is -0.671. The van der Waals surface area contributed by atoms with E-state index in [0.29, 0.717) is 10.7 Å². The van der Waals surface area contributed by atoms with Gasteiger partial charge < -0.3 is 20.1 Å². The maximum Gasteiger partial charge on any atom is 0.258 e. The lowest BCUT2D eigenvalue weighted by Gasteiger charge is -2.20. The van der Waals surface area contributed by atoms with Gasteiger partial charge in [-0.15, -0.1) is 0 Å². The lowest BCUT2D eigenvalue weighted by molar-refractivity contribution is -0.119. The molecule has 0 atom stereocenters. The minimum atomic E-state index is -0.659. The van der Waals surface area contributed by atoms with E-state index in [1.165, 1.54) is 24.1 Å². The summed E-state index contributed by atoms with van der Waals surface area (Å²) >= 11 is 15.7. The van der Waals surface area contributed by atoms with E-state index in [1.54, 1.807) is 25.2 Å². The fraction of sp³-hybridized carbons (Fsp3) is 0.176. The predicted molar refractivity (Wildman–Crippen MR) is 105 cm³/mol. The quantitative estimate of drug-likeness (QED) is 0.707. The molecule has 2 N–H and O–H groups in total. The van der Waals surface area contributed by atoms with E-state index in [2.05, 4.69) is 15.9 Å². The molecule has 0 aromatic heterocycles. The minimum absolute atomic E-state index is 0.115. The second-order valence-electron chi connectivity index (χ2n) is 5.20. The third-order valence-corrected chi connectivity index (χ3v) is 4.49. The summed E-state index contributed by atoms with van der Waals surface area (Å²) in [5, 5.41) is 0.527. The lowest BCUT2D eigenvalue weighted by Crippen LogP contribution is -2.26. The molecule has 2 aromatic rings. The van der Waals surface area contributed by atoms with E-state index in [1.807, 2.05) is 0 Å². The molecule has 2 aromatic carbocycles. The molecule has 0 heterocycles. The van der Waals surface area contributed by atoms with Gasteiger partial charge in [-0.3, -0.25) is 9.59 Å². The molecule has 0 fully saturated rings. The molecular weight excluding hydrogens is 447 g/mol. The van der Waals surface area contributed by atoms with Crippen LogP contribution in [0, 0.1) is 0 Å². The zero-order valence-electron chi connectivity index (χ0n) is 13.9. The number of primary amides is 1. The van der Waals surface area contributed by atoms with E-state index >= 15 is 0 Å². The Morgan fingerprint density at radius 2 is 1.88 bits per heavy atom. The molecular formula is C17H15BrCl2N2O4. The van der Waals surface area contributed by atoms with Gasteiger partial charge in [0.2, 0.25) is 0 Å². The van der Waals surface area contributed by atoms with Gasteiger partial charge in [-0.2, -0.15) is 0 Å². The smallest absolute Gasteiger partial charge is 0.258 e. The van der Waals surface area contributed by atoms with Crippen LogP contribution in [0.5, 0.6) is 11.5 Å². The highest BCUT2D eigenvalue weighted by Crippen LogP contribution is 2.37. The number of carbonyl (C=O) groups is 2. The summed E-state index contributed by atoms with van der Waals surface area (Å²) in [6, 6.07) is 8.07. The molecule has 0 aliphatic rings. The van der Waals surface area contributed by atoms with Crippen LogP contribution in [0.1, 0.15) is 10.4 Å². The van der Waals surface area contributed by atoms with Crippen molar-refractivity contribution in [2.45, 2.75) is 0 Å². The van der Waals surface area contributed by atoms with E-state index < -0.39 is 5.91 Å². The molecule has 9 heteroatoms. The SMILES string of the molecule is COc1cc(C(=O)N(C)c2ccc(Br)cc2Cl)cc(Cl)c1OCC(N)=O. The number of halogens is 3. The first kappa shape index (κ1) is 20.4. The van der Waals surface area contributed by atoms with Gasteiger partial charge in [-0.1, -0.05) is 39.1 Å². The Bertz CT molecular complexity index is 861. The van der Waals surface area contributed by atoms with Crippen molar-refractivity contribution in [3.05, 3.63) is 50.4 Å². The molecule has 2 rings (SSSR count). The van der Waals surface area contributed by atoms with Crippen LogP contribution in [0.3, 0.4) is 0 Å². The average molecular weight is 462 g/mol. The first-order valence-corrected chi connectivity index (χ1v) is 8.81. The first-order chi connectivity index (χ1) is 12.2. The lowest BCUT2D eigenvalue weighted by atomic mass is 10.1. The topological polar surface area (TPSA) is 81.9 Å². The first-order valence-electron chi connectivity index (χ1n) is 7.26. The molecule has 0 aliphatic carbocycles. The third-order valence-electron chi connectivity index (χ3n) is 3.41. The van der Waals surface area contributed by atoms with Crippen LogP contribution in [-0.2, 0) is 4.79 Å². The van der Waals surface area contributed by atoms with E-state index in [0.717, 1.165) is 4.47 Å². The summed E-state index contributed by atoms with van der Waals surface area (Å²) in [5.41, 5.74) is 5.86. The van der Waals surface area contributed by atoms with Crippen LogP contribution in [0.25, 0.3) is 0 Å². The van der Waals surface area contributed by atoms with Gasteiger partial charge in [0.25, 0.3) is 11.8 Å². The van der Waals surface area contributed by atoms with Gasteiger partial charge in [-0.05, 0) is 30.3 Å². The van der Waals surface area contributed by atoms with Crippen LogP contribution >= 0.6 is 39.1 Å². The number of methoxy groups -OCH3 is 1. The van der Waals surface area contributed by atoms with Crippen molar-refractivity contribution >= 4 is 56.6 Å². The Kier molecular flexibility index (Phi) is 6.75. The van der Waals surface area contributed by atoms with Crippen molar-refractivity contribution in [1.82, 2.24) is 0 Å². The Morgan fingerprint density at radius 3 is 2.46 bits per heavy atom. The van der Waals surface area contributed by atoms with Gasteiger partial charge in [0.05, 0.1) is 22.8 Å². The molecule has 0 spiro atoms. The normalized spacial score (nSPS) is 10.3. The van der Waals surface area contributed by atoms with E-state index in [-0.39, 0.29) is 34.6 Å². The molecule has 0 saturated carbocycles. The molecule has 0 aliphatic heterocycles. The zero-order chi connectivity index (χ0) is 19.4. The summed E-state index contributed by atoms with van der Waals surface area (Å²) in [4.78, 5) is 25.1. The maximum atomic E-state index is 12.8. The number of carbonyl (C=O) groups excluding carboxylic acids is 2. The van der Waals surface area contributed by atoms with Gasteiger partial charge in [-0.25, -0.2) is 0 Å². The largest absolute Gasteiger partial charge is 0.493 e. The molecule has 138 valence electrons. The number of anilines is 1. The van der Waals surface area contributed by atoms with E-state index in [9.17, 15) is 9.59 Å². The summed E-state index contributed by atoms with van der Waals surface area (Å²) in [6.07, 6.45) is 0. The highest BCUT2D eigenvalue weighted by molar-refractivity contribution is 9.10. The van der Waals surface area contributed by atoms with Crippen molar-refractivity contribution in [2.75, 3.05) is 25.7 Å². The number of hydrogen-bond donors (Lipinski definition) is 1. The number of hydrogen-bond acceptors (Lipinski definition) is 4. The Balaban J connectivity index is 2.36. The number of amides is 2. The molecule has 0 radical (unpaired) electrons. The highest BCUT2D eigenvalue weighted by atomic mass is 79.9. The molecule has 6 nitrogen and oxygen atoms in total. The molecule has 0 unspecified atom stereocenters. The van der Waals surface area contributed by atoms with Crippen molar-refractivity contribution in [3.8, 4) is 11.5 Å². The van der Waals surface area contributed by atoms with Crippen molar-refractivity contribution in [3.63, 3.8) is 0 Å². The molecule has 2 amide bonds. The number of benzene rings is 2. The summed E-state index contributed by atoms with van der Waals surface area (Å²) in [7, 11) is 2.99. The number of nitrogens with two attached hydrogens (primary N) is 1. The van der Waals surface area contributed by atoms with Gasteiger partial charge in [0.1, 0.15) is 0 Å². The Morgan fingerprint density at radius 1 is 1.19 bits per heavy atom. The van der Waals surface area contributed by atoms with Gasteiger partial charge >= 0.3 is 0 Å². The summed E-state index contributed by atoms with van der Waals surface area (Å²) < 4.78 is 11.3. The zero-order valence-corrected chi connectivity index (χ0v) is 17.0. The fourth-order valence-corrected chi connectivity index (χ4v) is 3.25. The third kappa shape index (κ3) is 4.60. The predicted octanol–water partition coefficient (Wildman–Crippen LogP) is 3.91. The second-order valence-corrected chi connectivity index (χ2v) is 6.93. The Labute approximate surface area is 168 Å². The Hall–Kier alpha value is -1.96. The van der Waals surface area contributed by atoms with E-state index in [4.69, 9.17) is 38.4 Å². The maximum absolute atomic E-state index is 12.8. The van der Waals surface area contributed by atoms with Crippen molar-refractivity contribution < 1.29 is 19.1 Å². The van der Waals surface area contributed by atoms with Crippen LogP contribution in [0.2, 0.25) is 10.0 Å². The fourth-order valence-electron chi connectivity index (χ4n) is 2.18. The van der Waals surface area contributed by atoms with Crippen LogP contribution in [-0.4, -0.2) is 32.6 Å². The minimum Gasteiger partial charge on any atom is -0.493 e. The average Bonchev–Trinajstić information content (AvgIpc) is 2.58. The van der Waals surface area contributed by atoms with Crippen LogP contribution in [0.4, 0.5) is 5.69 Å². The second kappa shape index (κ2) is 8.62. The van der Waals surface area contributed by atoms with Gasteiger partial charge in [0, 0.05) is 17.1 Å². The summed E-state index contributed by atoms with van der Waals surface area (Å²) in [6.45, 7) is -0.363.